The van der Waals surface area contributed by atoms with Gasteiger partial charge < -0.3 is 4.90 Å². The smallest absolute Gasteiger partial charge is 0.0540 e. The minimum atomic E-state index is 1.10. The molecule has 0 aliphatic heterocycles. The van der Waals surface area contributed by atoms with Crippen LogP contribution in [0.25, 0.3) is 35.4 Å². The topological polar surface area (TPSA) is 3.24 Å². The molecule has 6 aromatic carbocycles. The van der Waals surface area contributed by atoms with Crippen LogP contribution in [0.4, 0.5) is 17.1 Å². The molecule has 0 aliphatic rings. The van der Waals surface area contributed by atoms with Crippen LogP contribution >= 0.6 is 0 Å². The van der Waals surface area contributed by atoms with Crippen molar-refractivity contribution < 1.29 is 0 Å². The molecule has 6 rings (SSSR count). The van der Waals surface area contributed by atoms with E-state index >= 15 is 0 Å². The van der Waals surface area contributed by atoms with Gasteiger partial charge in [-0.3, -0.25) is 0 Å². The highest BCUT2D eigenvalue weighted by atomic mass is 15.1. The summed E-state index contributed by atoms with van der Waals surface area (Å²) in [6.45, 7) is 2.11. The predicted molar refractivity (Wildman–Crippen MR) is 191 cm³/mol. The fourth-order valence-corrected chi connectivity index (χ4v) is 5.19. The summed E-state index contributed by atoms with van der Waals surface area (Å²) in [4.78, 5) is 2.35. The molecule has 0 radical (unpaired) electrons. The lowest BCUT2D eigenvalue weighted by atomic mass is 10.0. The Morgan fingerprint density at radius 3 is 1.39 bits per heavy atom. The number of nitrogens with zero attached hydrogens (tertiary/aromatic N) is 1. The average molecular weight is 566 g/mol. The van der Waals surface area contributed by atoms with Gasteiger partial charge in [-0.1, -0.05) is 169 Å². The van der Waals surface area contributed by atoms with E-state index in [9.17, 15) is 0 Å². The minimum absolute atomic E-state index is 1.10. The summed E-state index contributed by atoms with van der Waals surface area (Å²) in [6, 6.07) is 55.7. The van der Waals surface area contributed by atoms with Crippen molar-refractivity contribution in [1.29, 1.82) is 0 Å². The summed E-state index contributed by atoms with van der Waals surface area (Å²) in [5.74, 6) is 0. The fraction of sp³-hybridized carbons (Fsp3) is 0.0233. The maximum absolute atomic E-state index is 2.35. The molecule has 44 heavy (non-hydrogen) atoms. The van der Waals surface area contributed by atoms with Crippen LogP contribution in [-0.4, -0.2) is 0 Å². The van der Waals surface area contributed by atoms with Gasteiger partial charge in [-0.15, -0.1) is 0 Å². The number of para-hydroxylation sites is 1. The molecule has 0 amide bonds. The van der Waals surface area contributed by atoms with E-state index in [1.165, 1.54) is 27.8 Å². The van der Waals surface area contributed by atoms with E-state index in [2.05, 4.69) is 200 Å². The van der Waals surface area contributed by atoms with E-state index in [-0.39, 0.29) is 0 Å². The van der Waals surface area contributed by atoms with Crippen LogP contribution in [0.3, 0.4) is 0 Å². The maximum Gasteiger partial charge on any atom is 0.0540 e. The van der Waals surface area contributed by atoms with E-state index < -0.39 is 0 Å². The Morgan fingerprint density at radius 1 is 0.386 bits per heavy atom. The fourth-order valence-electron chi connectivity index (χ4n) is 5.19. The molecule has 0 aliphatic carbocycles. The molecule has 0 atom stereocenters. The van der Waals surface area contributed by atoms with Gasteiger partial charge in [-0.2, -0.15) is 0 Å². The summed E-state index contributed by atoms with van der Waals surface area (Å²) in [7, 11) is 0. The van der Waals surface area contributed by atoms with Crippen LogP contribution in [0.5, 0.6) is 0 Å². The highest BCUT2D eigenvalue weighted by molar-refractivity contribution is 5.88. The molecule has 0 bridgehead atoms. The first-order chi connectivity index (χ1) is 21.7. The van der Waals surface area contributed by atoms with E-state index in [1.54, 1.807) is 0 Å². The lowest BCUT2D eigenvalue weighted by Gasteiger charge is -2.28. The summed E-state index contributed by atoms with van der Waals surface area (Å²) in [5.41, 5.74) is 11.7. The molecule has 0 N–H and O–H groups in total. The van der Waals surface area contributed by atoms with Crippen molar-refractivity contribution in [2.75, 3.05) is 4.90 Å². The second-order valence-corrected chi connectivity index (χ2v) is 10.8. The molecule has 0 spiro atoms. The summed E-state index contributed by atoms with van der Waals surface area (Å²) < 4.78 is 0. The molecule has 1 heteroatoms. The van der Waals surface area contributed by atoms with Crippen molar-refractivity contribution in [1.82, 2.24) is 0 Å². The molecule has 0 unspecified atom stereocenters. The zero-order valence-electron chi connectivity index (χ0n) is 24.9. The van der Waals surface area contributed by atoms with Crippen molar-refractivity contribution in [3.05, 3.63) is 198 Å². The normalized spacial score (nSPS) is 11.5. The van der Waals surface area contributed by atoms with Crippen molar-refractivity contribution in [2.24, 2.45) is 0 Å². The first-order valence-corrected chi connectivity index (χ1v) is 15.0. The minimum Gasteiger partial charge on any atom is -0.310 e. The first kappa shape index (κ1) is 28.5. The van der Waals surface area contributed by atoms with Crippen molar-refractivity contribution >= 4 is 41.4 Å². The molecule has 1 nitrogen and oxygen atoms in total. The zero-order valence-corrected chi connectivity index (χ0v) is 24.9. The van der Waals surface area contributed by atoms with Gasteiger partial charge >= 0.3 is 0 Å². The second-order valence-electron chi connectivity index (χ2n) is 10.8. The van der Waals surface area contributed by atoms with Crippen molar-refractivity contribution in [2.45, 2.75) is 6.92 Å². The van der Waals surface area contributed by atoms with Crippen molar-refractivity contribution in [3.8, 4) is 11.1 Å². The summed E-state index contributed by atoms with van der Waals surface area (Å²) >= 11 is 0. The van der Waals surface area contributed by atoms with Crippen LogP contribution in [0.2, 0.25) is 0 Å². The average Bonchev–Trinajstić information content (AvgIpc) is 3.09. The number of allylic oxidation sites excluding steroid dienone is 2. The lowest BCUT2D eigenvalue weighted by Crippen LogP contribution is -2.11. The molecular formula is C43H35N. The third-order valence-electron chi connectivity index (χ3n) is 7.57. The Balaban J connectivity index is 1.32. The first-order valence-electron chi connectivity index (χ1n) is 15.0. The van der Waals surface area contributed by atoms with Crippen LogP contribution in [0.15, 0.2) is 170 Å². The van der Waals surface area contributed by atoms with Crippen molar-refractivity contribution in [3.63, 3.8) is 0 Å². The second kappa shape index (κ2) is 14.0. The van der Waals surface area contributed by atoms with Crippen LogP contribution in [0.1, 0.15) is 27.8 Å². The van der Waals surface area contributed by atoms with Gasteiger partial charge in [0.15, 0.2) is 0 Å². The van der Waals surface area contributed by atoms with Gasteiger partial charge in [0.2, 0.25) is 0 Å². The highest BCUT2D eigenvalue weighted by Crippen LogP contribution is 2.40. The van der Waals surface area contributed by atoms with E-state index in [1.807, 2.05) is 6.07 Å². The van der Waals surface area contributed by atoms with Gasteiger partial charge in [0, 0.05) is 16.9 Å². The molecule has 212 valence electrons. The predicted octanol–water partition coefficient (Wildman–Crippen LogP) is 12.0. The Bertz CT molecular complexity index is 1860. The van der Waals surface area contributed by atoms with Crippen LogP contribution in [-0.2, 0) is 0 Å². The van der Waals surface area contributed by atoms with Crippen LogP contribution < -0.4 is 4.90 Å². The summed E-state index contributed by atoms with van der Waals surface area (Å²) in [5, 5.41) is 0. The Hall–Kier alpha value is -5.66. The number of hydrogen-bond acceptors (Lipinski definition) is 1. The largest absolute Gasteiger partial charge is 0.310 e. The number of benzene rings is 6. The molecular weight excluding hydrogens is 530 g/mol. The van der Waals surface area contributed by atoms with Gasteiger partial charge in [0.25, 0.3) is 0 Å². The van der Waals surface area contributed by atoms with Crippen LogP contribution in [0, 0.1) is 6.92 Å². The monoisotopic (exact) mass is 565 g/mol. The Labute approximate surface area is 261 Å². The van der Waals surface area contributed by atoms with Gasteiger partial charge in [0.1, 0.15) is 0 Å². The van der Waals surface area contributed by atoms with E-state index in [4.69, 9.17) is 0 Å². The maximum atomic E-state index is 2.35. The molecule has 0 saturated heterocycles. The molecule has 6 aromatic rings. The van der Waals surface area contributed by atoms with Gasteiger partial charge in [-0.05, 0) is 65.1 Å². The third kappa shape index (κ3) is 7.21. The number of hydrogen-bond donors (Lipinski definition) is 0. The number of rotatable bonds is 9. The number of aryl methyl sites for hydroxylation is 1. The highest BCUT2D eigenvalue weighted by Gasteiger charge is 2.16. The van der Waals surface area contributed by atoms with E-state index in [0.717, 1.165) is 28.2 Å². The summed E-state index contributed by atoms with van der Waals surface area (Å²) in [6.07, 6.45) is 12.8. The molecule has 0 saturated carbocycles. The van der Waals surface area contributed by atoms with Gasteiger partial charge in [-0.25, -0.2) is 0 Å². The molecule has 0 aromatic heterocycles. The Morgan fingerprint density at radius 2 is 0.818 bits per heavy atom. The lowest BCUT2D eigenvalue weighted by molar-refractivity contribution is 1.28. The zero-order chi connectivity index (χ0) is 30.0. The third-order valence-corrected chi connectivity index (χ3v) is 7.57. The molecule has 0 fully saturated rings. The number of anilines is 3. The van der Waals surface area contributed by atoms with Gasteiger partial charge in [0.05, 0.1) is 5.69 Å². The molecule has 0 heterocycles. The Kier molecular flexibility index (Phi) is 9.06. The SMILES string of the molecule is Cc1ccc(/C=C/c2ccc(N(c3ccc(/C=C/C=C/c4ccccc4)cc3)c3ccccc3-c3ccccc3)cc2)cc1. The quantitative estimate of drug-likeness (QED) is 0.124. The van der Waals surface area contributed by atoms with E-state index in [0.29, 0.717) is 0 Å². The standard InChI is InChI=1S/C43H35N/c1-34-20-22-37(23-21-34)24-25-38-28-32-41(33-29-38)44(43-19-11-10-18-42(43)39-16-6-3-7-17-39)40-30-26-36(27-31-40)15-9-8-14-35-12-4-2-5-13-35/h2-33H,1H3/b14-8+,15-9+,25-24+.